The van der Waals surface area contributed by atoms with E-state index in [1.54, 1.807) is 0 Å². The van der Waals surface area contributed by atoms with Crippen molar-refractivity contribution in [3.63, 3.8) is 0 Å². The Morgan fingerprint density at radius 1 is 1.15 bits per heavy atom. The fraction of sp³-hybridized carbons (Fsp3) is 1.00. The standard InChI is InChI=1S/C17H36N2O/c1-6-19(12-13-20-7-2)15-17(10-8-9-11-17)14-18-16(3,4)5/h18H,6-15H2,1-5H3. The van der Waals surface area contributed by atoms with E-state index < -0.39 is 0 Å². The highest BCUT2D eigenvalue weighted by atomic mass is 16.5. The molecule has 0 aromatic heterocycles. The molecule has 1 rings (SSSR count). The summed E-state index contributed by atoms with van der Waals surface area (Å²) in [6.07, 6.45) is 5.55. The van der Waals surface area contributed by atoms with Crippen LogP contribution in [0.25, 0.3) is 0 Å². The maximum atomic E-state index is 5.52. The van der Waals surface area contributed by atoms with Crippen molar-refractivity contribution >= 4 is 0 Å². The smallest absolute Gasteiger partial charge is 0.0593 e. The summed E-state index contributed by atoms with van der Waals surface area (Å²) in [5, 5.41) is 3.74. The predicted molar refractivity (Wildman–Crippen MR) is 87.3 cm³/mol. The molecule has 0 heterocycles. The Balaban J connectivity index is 2.51. The second-order valence-corrected chi connectivity index (χ2v) is 7.38. The van der Waals surface area contributed by atoms with E-state index in [4.69, 9.17) is 4.74 Å². The molecule has 1 aliphatic rings. The monoisotopic (exact) mass is 284 g/mol. The Bertz CT molecular complexity index is 254. The summed E-state index contributed by atoms with van der Waals surface area (Å²) in [6, 6.07) is 0. The van der Waals surface area contributed by atoms with Crippen LogP contribution >= 0.6 is 0 Å². The predicted octanol–water partition coefficient (Wildman–Crippen LogP) is 3.29. The van der Waals surface area contributed by atoms with Crippen molar-refractivity contribution in [2.24, 2.45) is 5.41 Å². The van der Waals surface area contributed by atoms with Gasteiger partial charge in [0.05, 0.1) is 6.61 Å². The normalized spacial score (nSPS) is 18.9. The first-order valence-electron chi connectivity index (χ1n) is 8.46. The summed E-state index contributed by atoms with van der Waals surface area (Å²) in [5.41, 5.74) is 0.702. The molecule has 0 saturated heterocycles. The zero-order valence-electron chi connectivity index (χ0n) is 14.4. The van der Waals surface area contributed by atoms with E-state index in [1.807, 2.05) is 0 Å². The maximum Gasteiger partial charge on any atom is 0.0593 e. The van der Waals surface area contributed by atoms with Crippen LogP contribution in [-0.2, 0) is 4.74 Å². The minimum Gasteiger partial charge on any atom is -0.380 e. The lowest BCUT2D eigenvalue weighted by molar-refractivity contribution is 0.0870. The van der Waals surface area contributed by atoms with Gasteiger partial charge in [-0.3, -0.25) is 0 Å². The van der Waals surface area contributed by atoms with Crippen LogP contribution in [0.5, 0.6) is 0 Å². The van der Waals surface area contributed by atoms with Crippen molar-refractivity contribution in [1.29, 1.82) is 0 Å². The van der Waals surface area contributed by atoms with Gasteiger partial charge < -0.3 is 15.0 Å². The SMILES string of the molecule is CCOCCN(CC)CC1(CNC(C)(C)C)CCCC1. The fourth-order valence-corrected chi connectivity index (χ4v) is 3.13. The minimum atomic E-state index is 0.220. The minimum absolute atomic E-state index is 0.220. The average molecular weight is 284 g/mol. The van der Waals surface area contributed by atoms with Crippen LogP contribution in [0.1, 0.15) is 60.3 Å². The molecule has 3 nitrogen and oxygen atoms in total. The van der Waals surface area contributed by atoms with Crippen LogP contribution in [0.3, 0.4) is 0 Å². The molecule has 0 unspecified atom stereocenters. The molecule has 0 aliphatic heterocycles. The molecule has 3 heteroatoms. The van der Waals surface area contributed by atoms with Gasteiger partial charge in [0.25, 0.3) is 0 Å². The number of hydrogen-bond acceptors (Lipinski definition) is 3. The lowest BCUT2D eigenvalue weighted by atomic mass is 9.84. The summed E-state index contributed by atoms with van der Waals surface area (Å²) in [5.74, 6) is 0. The fourth-order valence-electron chi connectivity index (χ4n) is 3.13. The molecule has 1 saturated carbocycles. The van der Waals surface area contributed by atoms with Crippen LogP contribution in [0.4, 0.5) is 0 Å². The second-order valence-electron chi connectivity index (χ2n) is 7.38. The van der Waals surface area contributed by atoms with Gasteiger partial charge in [-0.15, -0.1) is 0 Å². The second kappa shape index (κ2) is 8.35. The molecule has 0 radical (unpaired) electrons. The topological polar surface area (TPSA) is 24.5 Å². The molecule has 120 valence electrons. The zero-order chi connectivity index (χ0) is 15.1. The molecule has 1 N–H and O–H groups in total. The van der Waals surface area contributed by atoms with Crippen molar-refractivity contribution in [3.8, 4) is 0 Å². The van der Waals surface area contributed by atoms with Crippen LogP contribution in [0.2, 0.25) is 0 Å². The zero-order valence-corrected chi connectivity index (χ0v) is 14.4. The lowest BCUT2D eigenvalue weighted by Crippen LogP contribution is -2.48. The molecule has 0 bridgehead atoms. The van der Waals surface area contributed by atoms with E-state index in [9.17, 15) is 0 Å². The number of hydrogen-bond donors (Lipinski definition) is 1. The lowest BCUT2D eigenvalue weighted by Gasteiger charge is -2.37. The molecule has 0 atom stereocenters. The van der Waals surface area contributed by atoms with E-state index in [0.717, 1.165) is 32.8 Å². The summed E-state index contributed by atoms with van der Waals surface area (Å²) < 4.78 is 5.52. The van der Waals surface area contributed by atoms with E-state index >= 15 is 0 Å². The average Bonchev–Trinajstić information content (AvgIpc) is 2.84. The molecule has 0 aromatic carbocycles. The summed E-state index contributed by atoms with van der Waals surface area (Å²) in [4.78, 5) is 2.57. The van der Waals surface area contributed by atoms with Gasteiger partial charge in [0.2, 0.25) is 0 Å². The molecule has 1 aliphatic carbocycles. The van der Waals surface area contributed by atoms with Gasteiger partial charge in [0, 0.05) is 31.8 Å². The number of rotatable bonds is 9. The van der Waals surface area contributed by atoms with Gasteiger partial charge in [-0.2, -0.15) is 0 Å². The summed E-state index contributed by atoms with van der Waals surface area (Å²) in [6.45, 7) is 17.4. The van der Waals surface area contributed by atoms with Crippen LogP contribution in [0, 0.1) is 5.41 Å². The Morgan fingerprint density at radius 2 is 1.80 bits per heavy atom. The number of nitrogens with one attached hydrogen (secondary N) is 1. The number of nitrogens with zero attached hydrogens (tertiary/aromatic N) is 1. The van der Waals surface area contributed by atoms with Gasteiger partial charge in [0.15, 0.2) is 0 Å². The van der Waals surface area contributed by atoms with E-state index in [2.05, 4.69) is 44.8 Å². The molecular weight excluding hydrogens is 248 g/mol. The van der Waals surface area contributed by atoms with Gasteiger partial charge in [-0.05, 0) is 52.5 Å². The largest absolute Gasteiger partial charge is 0.380 e. The van der Waals surface area contributed by atoms with Crippen LogP contribution in [0.15, 0.2) is 0 Å². The third-order valence-corrected chi connectivity index (χ3v) is 4.42. The molecule has 1 fully saturated rings. The molecule has 0 spiro atoms. The first-order chi connectivity index (χ1) is 9.41. The number of likely N-dealkylation sites (N-methyl/N-ethyl adjacent to an activating group) is 1. The Morgan fingerprint density at radius 3 is 2.30 bits per heavy atom. The first kappa shape index (κ1) is 17.9. The number of ether oxygens (including phenoxy) is 1. The van der Waals surface area contributed by atoms with E-state index in [-0.39, 0.29) is 5.54 Å². The third-order valence-electron chi connectivity index (χ3n) is 4.42. The van der Waals surface area contributed by atoms with Crippen molar-refractivity contribution in [2.45, 2.75) is 65.8 Å². The molecule has 0 aromatic rings. The Kier molecular flexibility index (Phi) is 7.49. The highest BCUT2D eigenvalue weighted by molar-refractivity contribution is 4.91. The van der Waals surface area contributed by atoms with Crippen LogP contribution in [-0.4, -0.2) is 49.8 Å². The highest BCUT2D eigenvalue weighted by Gasteiger charge is 2.35. The highest BCUT2D eigenvalue weighted by Crippen LogP contribution is 2.38. The van der Waals surface area contributed by atoms with Crippen molar-refractivity contribution in [2.75, 3.05) is 39.4 Å². The van der Waals surface area contributed by atoms with Gasteiger partial charge >= 0.3 is 0 Å². The molecule has 0 amide bonds. The van der Waals surface area contributed by atoms with Crippen molar-refractivity contribution < 1.29 is 4.74 Å². The summed E-state index contributed by atoms with van der Waals surface area (Å²) >= 11 is 0. The van der Waals surface area contributed by atoms with Crippen molar-refractivity contribution in [3.05, 3.63) is 0 Å². The van der Waals surface area contributed by atoms with Gasteiger partial charge in [0.1, 0.15) is 0 Å². The van der Waals surface area contributed by atoms with Crippen LogP contribution < -0.4 is 5.32 Å². The van der Waals surface area contributed by atoms with Crippen molar-refractivity contribution in [1.82, 2.24) is 10.2 Å². The first-order valence-corrected chi connectivity index (χ1v) is 8.46. The van der Waals surface area contributed by atoms with Gasteiger partial charge in [-0.1, -0.05) is 19.8 Å². The maximum absolute atomic E-state index is 5.52. The van der Waals surface area contributed by atoms with E-state index in [1.165, 1.54) is 32.2 Å². The van der Waals surface area contributed by atoms with Gasteiger partial charge in [-0.25, -0.2) is 0 Å². The summed E-state index contributed by atoms with van der Waals surface area (Å²) in [7, 11) is 0. The van der Waals surface area contributed by atoms with E-state index in [0.29, 0.717) is 5.41 Å². The Hall–Kier alpha value is -0.120. The molecule has 20 heavy (non-hydrogen) atoms. The quantitative estimate of drug-likeness (QED) is 0.658. The third kappa shape index (κ3) is 6.55. The molecular formula is C17H36N2O. The Labute approximate surface area is 126 Å².